The second-order valence-electron chi connectivity index (χ2n) is 6.01. The highest BCUT2D eigenvalue weighted by Crippen LogP contribution is 2.37. The third-order valence-electron chi connectivity index (χ3n) is 3.99. The Morgan fingerprint density at radius 1 is 1.41 bits per heavy atom. The van der Waals surface area contributed by atoms with Crippen molar-refractivity contribution >= 4 is 40.6 Å². The zero-order chi connectivity index (χ0) is 19.8. The van der Waals surface area contributed by atoms with Crippen molar-refractivity contribution in [1.29, 1.82) is 0 Å². The first-order valence-electron chi connectivity index (χ1n) is 7.73. The number of halogens is 4. The fourth-order valence-corrected chi connectivity index (χ4v) is 3.11. The van der Waals surface area contributed by atoms with E-state index in [-0.39, 0.29) is 39.4 Å². The number of rotatable bonds is 3. The average Bonchev–Trinajstić information content (AvgIpc) is 2.60. The lowest BCUT2D eigenvalue weighted by Gasteiger charge is -2.33. The van der Waals surface area contributed by atoms with Gasteiger partial charge in [0, 0.05) is 17.4 Å². The van der Waals surface area contributed by atoms with Gasteiger partial charge < -0.3 is 15.8 Å². The van der Waals surface area contributed by atoms with E-state index < -0.39 is 23.6 Å². The highest BCUT2D eigenvalue weighted by Gasteiger charge is 2.42. The molecule has 3 N–H and O–H groups in total. The lowest BCUT2D eigenvalue weighted by atomic mass is 9.90. The predicted octanol–water partition coefficient (Wildman–Crippen LogP) is 3.68. The van der Waals surface area contributed by atoms with Crippen LogP contribution in [0.15, 0.2) is 35.5 Å². The molecule has 27 heavy (non-hydrogen) atoms. The minimum Gasteiger partial charge on any atom is -0.385 e. The Labute approximate surface area is 163 Å². The number of anilines is 1. The first kappa shape index (κ1) is 19.5. The third-order valence-corrected chi connectivity index (χ3v) is 4.48. The summed E-state index contributed by atoms with van der Waals surface area (Å²) in [5, 5.41) is 2.86. The summed E-state index contributed by atoms with van der Waals surface area (Å²) < 4.78 is 33.6. The van der Waals surface area contributed by atoms with Crippen molar-refractivity contribution in [3.8, 4) is 0 Å². The van der Waals surface area contributed by atoms with Crippen LogP contribution in [-0.2, 0) is 10.3 Å². The van der Waals surface area contributed by atoms with E-state index in [2.05, 4.69) is 15.3 Å². The van der Waals surface area contributed by atoms with Crippen LogP contribution in [0.25, 0.3) is 0 Å². The molecular formula is C17H14Cl2F2N4O2. The summed E-state index contributed by atoms with van der Waals surface area (Å²) in [5.74, 6) is -1.32. The molecule has 0 fully saturated rings. The van der Waals surface area contributed by atoms with Crippen molar-refractivity contribution in [1.82, 2.24) is 4.98 Å². The topological polar surface area (TPSA) is 89.6 Å². The van der Waals surface area contributed by atoms with Gasteiger partial charge in [0.15, 0.2) is 0 Å². The molecule has 6 nitrogen and oxygen atoms in total. The Hall–Kier alpha value is -2.29. The van der Waals surface area contributed by atoms with Gasteiger partial charge in [-0.2, -0.15) is 0 Å². The number of amides is 1. The zero-order valence-electron chi connectivity index (χ0n) is 14.0. The minimum absolute atomic E-state index is 0.0392. The Kier molecular flexibility index (Phi) is 5.32. The van der Waals surface area contributed by atoms with Crippen LogP contribution in [0.3, 0.4) is 0 Å². The number of nitrogens with one attached hydrogen (secondary N) is 1. The number of aromatic nitrogens is 1. The Balaban J connectivity index is 1.94. The number of alkyl halides is 1. The molecule has 3 rings (SSSR count). The van der Waals surface area contributed by atoms with Crippen molar-refractivity contribution in [2.45, 2.75) is 18.8 Å². The van der Waals surface area contributed by atoms with Gasteiger partial charge in [-0.1, -0.05) is 23.2 Å². The van der Waals surface area contributed by atoms with Crippen molar-refractivity contribution in [3.05, 3.63) is 57.6 Å². The van der Waals surface area contributed by atoms with E-state index in [1.807, 2.05) is 0 Å². The number of aliphatic imine (C=N–C) groups is 1. The SMILES string of the molecule is C[C@]1(c2cc(NC(=O)c3ncc(Cl)cc3Cl)ccc2F)N=C(N)CO[C@@H]1F. The summed E-state index contributed by atoms with van der Waals surface area (Å²) in [6, 6.07) is 5.02. The van der Waals surface area contributed by atoms with Gasteiger partial charge in [-0.25, -0.2) is 13.8 Å². The Bertz CT molecular complexity index is 941. The quantitative estimate of drug-likeness (QED) is 0.801. The molecular weight excluding hydrogens is 401 g/mol. The number of carbonyl (C=O) groups excluding carboxylic acids is 1. The number of pyridine rings is 1. The molecule has 0 spiro atoms. The number of nitrogens with two attached hydrogens (primary N) is 1. The van der Waals surface area contributed by atoms with Gasteiger partial charge in [0.25, 0.3) is 5.91 Å². The van der Waals surface area contributed by atoms with Gasteiger partial charge in [-0.3, -0.25) is 9.79 Å². The number of nitrogens with zero attached hydrogens (tertiary/aromatic N) is 2. The fourth-order valence-electron chi connectivity index (χ4n) is 2.65. The minimum atomic E-state index is -1.90. The molecule has 2 atom stereocenters. The smallest absolute Gasteiger partial charge is 0.275 e. The van der Waals surface area contributed by atoms with Crippen LogP contribution in [0.4, 0.5) is 14.5 Å². The second kappa shape index (κ2) is 7.38. The largest absolute Gasteiger partial charge is 0.385 e. The molecule has 0 saturated heterocycles. The molecule has 1 amide bonds. The molecule has 2 aromatic rings. The van der Waals surface area contributed by atoms with E-state index in [9.17, 15) is 13.6 Å². The molecule has 10 heteroatoms. The number of carbonyl (C=O) groups is 1. The summed E-state index contributed by atoms with van der Waals surface area (Å²) in [6.07, 6.45) is -0.637. The molecule has 2 heterocycles. The van der Waals surface area contributed by atoms with Gasteiger partial charge in [0.2, 0.25) is 6.36 Å². The van der Waals surface area contributed by atoms with E-state index in [4.69, 9.17) is 33.7 Å². The van der Waals surface area contributed by atoms with Crippen molar-refractivity contribution in [3.63, 3.8) is 0 Å². The summed E-state index contributed by atoms with van der Waals surface area (Å²) >= 11 is 11.7. The van der Waals surface area contributed by atoms with Gasteiger partial charge in [0.05, 0.1) is 10.0 Å². The van der Waals surface area contributed by atoms with Crippen LogP contribution < -0.4 is 11.1 Å². The standard InChI is InChI=1S/C17H14Cl2F2N4O2/c1-17(16(21)27-7-13(22)25-17)10-5-9(2-3-12(10)20)24-15(26)14-11(19)4-8(18)6-23-14/h2-6,16H,7H2,1H3,(H2,22,25)(H,24,26)/t16-,17+/m0/s1. The number of ether oxygens (including phenoxy) is 1. The lowest BCUT2D eigenvalue weighted by molar-refractivity contribution is -0.0805. The van der Waals surface area contributed by atoms with Crippen molar-refractivity contribution in [2.75, 3.05) is 11.9 Å². The monoisotopic (exact) mass is 414 g/mol. The lowest BCUT2D eigenvalue weighted by Crippen LogP contribution is -2.43. The summed E-state index contributed by atoms with van der Waals surface area (Å²) in [7, 11) is 0. The highest BCUT2D eigenvalue weighted by molar-refractivity contribution is 6.36. The molecule has 1 aromatic carbocycles. The molecule has 1 aliphatic heterocycles. The third kappa shape index (κ3) is 3.87. The Morgan fingerprint density at radius 3 is 2.85 bits per heavy atom. The fraction of sp³-hybridized carbons (Fsp3) is 0.235. The summed E-state index contributed by atoms with van der Waals surface area (Å²) in [6.45, 7) is 1.17. The molecule has 1 aromatic heterocycles. The first-order chi connectivity index (χ1) is 12.7. The molecule has 0 aliphatic carbocycles. The van der Waals surface area contributed by atoms with Gasteiger partial charge in [-0.15, -0.1) is 0 Å². The maximum absolute atomic E-state index is 14.4. The predicted molar refractivity (Wildman–Crippen MR) is 98.4 cm³/mol. The summed E-state index contributed by atoms with van der Waals surface area (Å²) in [5.41, 5.74) is 3.93. The molecule has 0 saturated carbocycles. The highest BCUT2D eigenvalue weighted by atomic mass is 35.5. The van der Waals surface area contributed by atoms with Crippen LogP contribution in [0, 0.1) is 5.82 Å². The van der Waals surface area contributed by atoms with Crippen LogP contribution in [0.5, 0.6) is 0 Å². The van der Waals surface area contributed by atoms with Crippen molar-refractivity contribution in [2.24, 2.45) is 10.7 Å². The molecule has 142 valence electrons. The van der Waals surface area contributed by atoms with E-state index >= 15 is 0 Å². The molecule has 0 radical (unpaired) electrons. The Morgan fingerprint density at radius 2 is 2.15 bits per heavy atom. The normalized spacial score (nSPS) is 22.3. The van der Waals surface area contributed by atoms with Gasteiger partial charge in [0.1, 0.15) is 29.5 Å². The maximum atomic E-state index is 14.4. The number of hydrogen-bond donors (Lipinski definition) is 2. The maximum Gasteiger partial charge on any atom is 0.275 e. The average molecular weight is 415 g/mol. The van der Waals surface area contributed by atoms with E-state index in [0.29, 0.717) is 0 Å². The molecule has 0 unspecified atom stereocenters. The number of hydrogen-bond acceptors (Lipinski definition) is 5. The van der Waals surface area contributed by atoms with Gasteiger partial charge in [-0.05, 0) is 31.2 Å². The van der Waals surface area contributed by atoms with Crippen LogP contribution in [0.2, 0.25) is 10.0 Å². The van der Waals surface area contributed by atoms with Crippen LogP contribution in [0.1, 0.15) is 23.0 Å². The van der Waals surface area contributed by atoms with Crippen LogP contribution >= 0.6 is 23.2 Å². The van der Waals surface area contributed by atoms with Crippen LogP contribution in [-0.4, -0.2) is 29.7 Å². The first-order valence-corrected chi connectivity index (χ1v) is 8.48. The number of amidine groups is 1. The molecule has 1 aliphatic rings. The van der Waals surface area contributed by atoms with Gasteiger partial charge >= 0.3 is 0 Å². The summed E-state index contributed by atoms with van der Waals surface area (Å²) in [4.78, 5) is 20.3. The zero-order valence-corrected chi connectivity index (χ0v) is 15.5. The molecule has 0 bridgehead atoms. The van der Waals surface area contributed by atoms with E-state index in [0.717, 1.165) is 6.07 Å². The van der Waals surface area contributed by atoms with E-state index in [1.165, 1.54) is 31.3 Å². The number of benzene rings is 1. The van der Waals surface area contributed by atoms with Crippen molar-refractivity contribution < 1.29 is 18.3 Å². The van der Waals surface area contributed by atoms with E-state index in [1.54, 1.807) is 0 Å². The second-order valence-corrected chi connectivity index (χ2v) is 6.85.